The molecule has 29 heavy (non-hydrogen) atoms. The van der Waals surface area contributed by atoms with Crippen LogP contribution in [0.1, 0.15) is 23.7 Å². The second-order valence-electron chi connectivity index (χ2n) is 6.09. The Morgan fingerprint density at radius 3 is 2.48 bits per heavy atom. The van der Waals surface area contributed by atoms with Crippen LogP contribution in [-0.2, 0) is 0 Å². The normalized spacial score (nSPS) is 10.2. The molecule has 0 unspecified atom stereocenters. The molecule has 1 heterocycles. The number of carbonyl (C=O) groups excluding carboxylic acids is 1. The monoisotopic (exact) mass is 403 g/mol. The Bertz CT molecular complexity index is 968. The van der Waals surface area contributed by atoms with Crippen LogP contribution in [0.5, 0.6) is 5.75 Å². The van der Waals surface area contributed by atoms with Gasteiger partial charge in [0.2, 0.25) is 0 Å². The first-order chi connectivity index (χ1) is 14.2. The number of carbonyl (C=O) groups is 1. The zero-order valence-electron chi connectivity index (χ0n) is 16.1. The summed E-state index contributed by atoms with van der Waals surface area (Å²) >= 11 is 1.54. The van der Waals surface area contributed by atoms with Gasteiger partial charge in [0.05, 0.1) is 19.1 Å². The molecular formula is C23H21N3O2S. The number of hydrogen-bond donors (Lipinski definition) is 0. The quantitative estimate of drug-likeness (QED) is 0.518. The van der Waals surface area contributed by atoms with Gasteiger partial charge < -0.3 is 9.64 Å². The number of ether oxygens (including phenoxy) is 1. The molecule has 0 aliphatic rings. The van der Waals surface area contributed by atoms with E-state index in [0.717, 1.165) is 21.4 Å². The van der Waals surface area contributed by atoms with Crippen molar-refractivity contribution in [1.29, 1.82) is 5.26 Å². The van der Waals surface area contributed by atoms with E-state index in [1.165, 1.54) is 11.8 Å². The first-order valence-corrected chi connectivity index (χ1v) is 10.1. The number of rotatable bonds is 8. The highest BCUT2D eigenvalue weighted by Gasteiger charge is 2.18. The van der Waals surface area contributed by atoms with Crippen LogP contribution >= 0.6 is 11.8 Å². The third-order valence-electron chi connectivity index (χ3n) is 4.11. The number of pyridine rings is 1. The predicted octanol–water partition coefficient (Wildman–Crippen LogP) is 5.19. The predicted molar refractivity (Wildman–Crippen MR) is 114 cm³/mol. The average Bonchev–Trinajstić information content (AvgIpc) is 2.76. The SMILES string of the molecule is CCOc1ccc(N(CCC#N)C(=O)c2ccc(Sc3ccccn3)cc2)cc1. The summed E-state index contributed by atoms with van der Waals surface area (Å²) in [6, 6.07) is 22.7. The van der Waals surface area contributed by atoms with Crippen molar-refractivity contribution in [2.75, 3.05) is 18.1 Å². The van der Waals surface area contributed by atoms with Gasteiger partial charge in [0.25, 0.3) is 5.91 Å². The Morgan fingerprint density at radius 1 is 1.10 bits per heavy atom. The topological polar surface area (TPSA) is 66.2 Å². The van der Waals surface area contributed by atoms with Crippen molar-refractivity contribution in [3.05, 3.63) is 78.5 Å². The van der Waals surface area contributed by atoms with Gasteiger partial charge in [-0.05, 0) is 67.6 Å². The number of nitriles is 1. The maximum absolute atomic E-state index is 13.1. The minimum atomic E-state index is -0.140. The van der Waals surface area contributed by atoms with Crippen LogP contribution in [0, 0.1) is 11.3 Å². The highest BCUT2D eigenvalue weighted by atomic mass is 32.2. The number of benzene rings is 2. The van der Waals surface area contributed by atoms with Crippen LogP contribution in [0.25, 0.3) is 0 Å². The Balaban J connectivity index is 1.77. The molecule has 6 heteroatoms. The number of hydrogen-bond acceptors (Lipinski definition) is 5. The zero-order valence-corrected chi connectivity index (χ0v) is 16.9. The molecule has 0 bridgehead atoms. The number of aromatic nitrogens is 1. The fraction of sp³-hybridized carbons (Fsp3) is 0.174. The van der Waals surface area contributed by atoms with E-state index in [1.54, 1.807) is 11.1 Å². The third kappa shape index (κ3) is 5.59. The molecular weight excluding hydrogens is 382 g/mol. The second-order valence-corrected chi connectivity index (χ2v) is 7.18. The van der Waals surface area contributed by atoms with Crippen molar-refractivity contribution in [3.63, 3.8) is 0 Å². The first kappa shape index (κ1) is 20.4. The fourth-order valence-electron chi connectivity index (χ4n) is 2.75. The van der Waals surface area contributed by atoms with E-state index < -0.39 is 0 Å². The van der Waals surface area contributed by atoms with Gasteiger partial charge in [0.15, 0.2) is 0 Å². The van der Waals surface area contributed by atoms with E-state index in [9.17, 15) is 4.79 Å². The van der Waals surface area contributed by atoms with E-state index in [-0.39, 0.29) is 12.3 Å². The van der Waals surface area contributed by atoms with Crippen LogP contribution in [0.3, 0.4) is 0 Å². The van der Waals surface area contributed by atoms with Gasteiger partial charge in [-0.15, -0.1) is 0 Å². The smallest absolute Gasteiger partial charge is 0.258 e. The molecule has 0 N–H and O–H groups in total. The molecule has 1 amide bonds. The van der Waals surface area contributed by atoms with Crippen LogP contribution in [0.2, 0.25) is 0 Å². The van der Waals surface area contributed by atoms with Gasteiger partial charge in [-0.2, -0.15) is 5.26 Å². The molecule has 0 atom stereocenters. The Morgan fingerprint density at radius 2 is 1.86 bits per heavy atom. The molecule has 0 saturated heterocycles. The highest BCUT2D eigenvalue weighted by Crippen LogP contribution is 2.27. The molecule has 2 aromatic carbocycles. The molecule has 0 spiro atoms. The highest BCUT2D eigenvalue weighted by molar-refractivity contribution is 7.99. The standard InChI is InChI=1S/C23H21N3O2S/c1-2-28-20-11-9-19(10-12-20)26(17-5-15-24)23(27)18-7-13-21(14-8-18)29-22-6-3-4-16-25-22/h3-4,6-14,16H,2,5,17H2,1H3. The van der Waals surface area contributed by atoms with E-state index >= 15 is 0 Å². The van der Waals surface area contributed by atoms with Gasteiger partial charge in [-0.3, -0.25) is 4.79 Å². The van der Waals surface area contributed by atoms with Crippen molar-refractivity contribution in [3.8, 4) is 11.8 Å². The Hall–Kier alpha value is -3.30. The van der Waals surface area contributed by atoms with Crippen molar-refractivity contribution in [2.45, 2.75) is 23.3 Å². The number of amides is 1. The van der Waals surface area contributed by atoms with Crippen LogP contribution in [-0.4, -0.2) is 24.0 Å². The minimum absolute atomic E-state index is 0.140. The van der Waals surface area contributed by atoms with Gasteiger partial charge >= 0.3 is 0 Å². The maximum atomic E-state index is 13.1. The van der Waals surface area contributed by atoms with E-state index in [0.29, 0.717) is 18.7 Å². The molecule has 0 fully saturated rings. The molecule has 0 saturated carbocycles. The molecule has 0 aliphatic carbocycles. The summed E-state index contributed by atoms with van der Waals surface area (Å²) < 4.78 is 5.47. The lowest BCUT2D eigenvalue weighted by Crippen LogP contribution is -2.31. The zero-order chi connectivity index (χ0) is 20.5. The largest absolute Gasteiger partial charge is 0.494 e. The molecule has 0 radical (unpaired) electrons. The Kier molecular flexibility index (Phi) is 7.26. The molecule has 3 rings (SSSR count). The van der Waals surface area contributed by atoms with Crippen molar-refractivity contribution in [1.82, 2.24) is 4.98 Å². The number of anilines is 1. The molecule has 146 valence electrons. The maximum Gasteiger partial charge on any atom is 0.258 e. The summed E-state index contributed by atoms with van der Waals surface area (Å²) in [4.78, 5) is 20.0. The molecule has 1 aromatic heterocycles. The molecule has 0 aliphatic heterocycles. The summed E-state index contributed by atoms with van der Waals surface area (Å²) in [5.74, 6) is 0.610. The summed E-state index contributed by atoms with van der Waals surface area (Å²) in [6.45, 7) is 2.83. The van der Waals surface area contributed by atoms with Crippen LogP contribution in [0.4, 0.5) is 5.69 Å². The average molecular weight is 404 g/mol. The van der Waals surface area contributed by atoms with Gasteiger partial charge in [-0.1, -0.05) is 17.8 Å². The summed E-state index contributed by atoms with van der Waals surface area (Å²) in [5, 5.41) is 9.89. The summed E-state index contributed by atoms with van der Waals surface area (Å²) in [5.41, 5.74) is 1.31. The third-order valence-corrected chi connectivity index (χ3v) is 5.07. The van der Waals surface area contributed by atoms with Crippen molar-refractivity contribution in [2.24, 2.45) is 0 Å². The second kappa shape index (κ2) is 10.3. The molecule has 5 nitrogen and oxygen atoms in total. The summed E-state index contributed by atoms with van der Waals surface area (Å²) in [7, 11) is 0. The van der Waals surface area contributed by atoms with E-state index in [2.05, 4.69) is 11.1 Å². The van der Waals surface area contributed by atoms with Gasteiger partial charge in [-0.25, -0.2) is 4.98 Å². The minimum Gasteiger partial charge on any atom is -0.494 e. The first-order valence-electron chi connectivity index (χ1n) is 9.32. The molecule has 3 aromatic rings. The summed E-state index contributed by atoms with van der Waals surface area (Å²) in [6.07, 6.45) is 2.01. The van der Waals surface area contributed by atoms with E-state index in [1.807, 2.05) is 73.7 Å². The lowest BCUT2D eigenvalue weighted by atomic mass is 10.1. The lowest BCUT2D eigenvalue weighted by Gasteiger charge is -2.22. The van der Waals surface area contributed by atoms with Crippen LogP contribution in [0.15, 0.2) is 82.8 Å². The number of nitrogens with zero attached hydrogens (tertiary/aromatic N) is 3. The Labute approximate surface area is 175 Å². The van der Waals surface area contributed by atoms with Crippen molar-refractivity contribution < 1.29 is 9.53 Å². The van der Waals surface area contributed by atoms with Gasteiger partial charge in [0, 0.05) is 28.9 Å². The van der Waals surface area contributed by atoms with Gasteiger partial charge in [0.1, 0.15) is 10.8 Å². The van der Waals surface area contributed by atoms with Crippen LogP contribution < -0.4 is 9.64 Å². The fourth-order valence-corrected chi connectivity index (χ4v) is 3.52. The van der Waals surface area contributed by atoms with Crippen molar-refractivity contribution >= 4 is 23.4 Å². The van der Waals surface area contributed by atoms with E-state index in [4.69, 9.17) is 10.00 Å². The lowest BCUT2D eigenvalue weighted by molar-refractivity contribution is 0.0987.